The van der Waals surface area contributed by atoms with Crippen molar-refractivity contribution in [2.45, 2.75) is 12.5 Å². The van der Waals surface area contributed by atoms with Crippen LogP contribution in [0.25, 0.3) is 16.9 Å². The summed E-state index contributed by atoms with van der Waals surface area (Å²) in [5.41, 5.74) is 5.54. The molecule has 7 nitrogen and oxygen atoms in total. The Morgan fingerprint density at radius 3 is 2.20 bits per heavy atom. The van der Waals surface area contributed by atoms with E-state index in [4.69, 9.17) is 15.3 Å². The Bertz CT molecular complexity index is 1300. The summed E-state index contributed by atoms with van der Waals surface area (Å²) in [6, 6.07) is 29.6. The van der Waals surface area contributed by atoms with Crippen LogP contribution in [0.5, 0.6) is 0 Å². The number of aliphatic hydroxyl groups is 1. The minimum Gasteiger partial charge on any atom is -0.395 e. The lowest BCUT2D eigenvalue weighted by atomic mass is 9.96. The highest BCUT2D eigenvalue weighted by atomic mass is 16.3. The molecule has 176 valence electrons. The van der Waals surface area contributed by atoms with E-state index in [1.807, 2.05) is 102 Å². The first kappa shape index (κ1) is 22.7. The maximum absolute atomic E-state index is 13.3. The summed E-state index contributed by atoms with van der Waals surface area (Å²) in [5, 5.41) is 23.4. The van der Waals surface area contributed by atoms with Gasteiger partial charge in [0.15, 0.2) is 0 Å². The Kier molecular flexibility index (Phi) is 6.79. The first-order valence-corrected chi connectivity index (χ1v) is 11.7. The number of carbonyl (C=O) groups is 1. The van der Waals surface area contributed by atoms with Crippen molar-refractivity contribution in [3.8, 4) is 16.9 Å². The topological polar surface area (TPSA) is 82.8 Å². The molecule has 4 aromatic rings. The standard InChI is InChI=1S/C28H27N5O2/c34-17-16-29-19-27(35)33-26(18-25(30-33)21-10-4-1-5-11-21)24-20-32(23-14-8-3-9-15-23)31-28(24)22-12-6-2-7-13-22/h1-15,20,26,29,34H,16-19H2/t26-/m1/s1. The molecule has 0 bridgehead atoms. The van der Waals surface area contributed by atoms with Gasteiger partial charge < -0.3 is 10.4 Å². The van der Waals surface area contributed by atoms with Gasteiger partial charge in [-0.3, -0.25) is 4.79 Å². The number of hydrogen-bond donors (Lipinski definition) is 2. The van der Waals surface area contributed by atoms with E-state index in [2.05, 4.69) is 5.32 Å². The third-order valence-corrected chi connectivity index (χ3v) is 6.01. The zero-order chi connectivity index (χ0) is 24.0. The molecule has 0 spiro atoms. The maximum Gasteiger partial charge on any atom is 0.257 e. The lowest BCUT2D eigenvalue weighted by Gasteiger charge is -2.22. The molecule has 2 N–H and O–H groups in total. The number of rotatable bonds is 8. The summed E-state index contributed by atoms with van der Waals surface area (Å²) in [6.07, 6.45) is 2.59. The highest BCUT2D eigenvalue weighted by Crippen LogP contribution is 2.38. The van der Waals surface area contributed by atoms with Gasteiger partial charge in [0, 0.05) is 30.3 Å². The third-order valence-electron chi connectivity index (χ3n) is 6.01. The van der Waals surface area contributed by atoms with Gasteiger partial charge in [-0.25, -0.2) is 9.69 Å². The molecule has 1 aliphatic rings. The minimum absolute atomic E-state index is 0.0305. The van der Waals surface area contributed by atoms with Crippen LogP contribution in [0.4, 0.5) is 0 Å². The molecular formula is C28H27N5O2. The van der Waals surface area contributed by atoms with E-state index in [-0.39, 0.29) is 25.1 Å². The molecule has 3 aromatic carbocycles. The molecule has 1 amide bonds. The summed E-state index contributed by atoms with van der Waals surface area (Å²) in [6.45, 7) is 0.411. The summed E-state index contributed by atoms with van der Waals surface area (Å²) in [7, 11) is 0. The van der Waals surface area contributed by atoms with Gasteiger partial charge in [0.2, 0.25) is 0 Å². The lowest BCUT2D eigenvalue weighted by molar-refractivity contribution is -0.132. The predicted octanol–water partition coefficient (Wildman–Crippen LogP) is 3.80. The van der Waals surface area contributed by atoms with Crippen LogP contribution in [0, 0.1) is 0 Å². The van der Waals surface area contributed by atoms with Crippen molar-refractivity contribution in [3.63, 3.8) is 0 Å². The Labute approximate surface area is 204 Å². The molecule has 0 saturated carbocycles. The minimum atomic E-state index is -0.304. The van der Waals surface area contributed by atoms with E-state index >= 15 is 0 Å². The number of benzene rings is 3. The third kappa shape index (κ3) is 4.91. The molecule has 0 fully saturated rings. The molecule has 5 rings (SSSR count). The van der Waals surface area contributed by atoms with Crippen molar-refractivity contribution >= 4 is 11.6 Å². The lowest BCUT2D eigenvalue weighted by Crippen LogP contribution is -2.36. The average Bonchev–Trinajstić information content (AvgIpc) is 3.56. The molecule has 0 saturated heterocycles. The monoisotopic (exact) mass is 465 g/mol. The number of para-hydroxylation sites is 1. The second-order valence-corrected chi connectivity index (χ2v) is 8.35. The van der Waals surface area contributed by atoms with Gasteiger partial charge in [-0.2, -0.15) is 10.2 Å². The van der Waals surface area contributed by atoms with Gasteiger partial charge in [-0.15, -0.1) is 0 Å². The van der Waals surface area contributed by atoms with Crippen molar-refractivity contribution < 1.29 is 9.90 Å². The Hall–Kier alpha value is -4.07. The van der Waals surface area contributed by atoms with Gasteiger partial charge in [0.1, 0.15) is 0 Å². The Morgan fingerprint density at radius 1 is 0.914 bits per heavy atom. The normalized spacial score (nSPS) is 15.3. The number of nitrogens with zero attached hydrogens (tertiary/aromatic N) is 4. The SMILES string of the molecule is O=C(CNCCO)N1N=C(c2ccccc2)C[C@@H]1c1cn(-c2ccccc2)nc1-c1ccccc1. The molecule has 1 atom stereocenters. The molecule has 1 aromatic heterocycles. The van der Waals surface area contributed by atoms with E-state index < -0.39 is 0 Å². The molecule has 0 aliphatic carbocycles. The van der Waals surface area contributed by atoms with Gasteiger partial charge >= 0.3 is 0 Å². The van der Waals surface area contributed by atoms with Crippen molar-refractivity contribution in [3.05, 3.63) is 108 Å². The highest BCUT2D eigenvalue weighted by molar-refractivity contribution is 6.03. The number of hydrazone groups is 1. The van der Waals surface area contributed by atoms with Crippen molar-refractivity contribution in [2.24, 2.45) is 5.10 Å². The second kappa shape index (κ2) is 10.5. The van der Waals surface area contributed by atoms with Gasteiger partial charge in [-0.1, -0.05) is 78.9 Å². The number of nitrogens with one attached hydrogen (secondary N) is 1. The van der Waals surface area contributed by atoms with Crippen molar-refractivity contribution in [2.75, 3.05) is 19.7 Å². The number of amides is 1. The highest BCUT2D eigenvalue weighted by Gasteiger charge is 2.35. The first-order chi connectivity index (χ1) is 17.2. The summed E-state index contributed by atoms with van der Waals surface area (Å²) < 4.78 is 1.87. The van der Waals surface area contributed by atoms with Crippen molar-refractivity contribution in [1.82, 2.24) is 20.1 Å². The molecule has 35 heavy (non-hydrogen) atoms. The van der Waals surface area contributed by atoms with E-state index in [1.165, 1.54) is 0 Å². The molecule has 0 unspecified atom stereocenters. The van der Waals surface area contributed by atoms with Crippen LogP contribution >= 0.6 is 0 Å². The smallest absolute Gasteiger partial charge is 0.257 e. The van der Waals surface area contributed by atoms with Crippen LogP contribution in [0.1, 0.15) is 23.6 Å². The molecule has 1 aliphatic heterocycles. The van der Waals surface area contributed by atoms with Gasteiger partial charge in [0.25, 0.3) is 5.91 Å². The van der Waals surface area contributed by atoms with Crippen LogP contribution in [-0.4, -0.2) is 51.2 Å². The predicted molar refractivity (Wildman–Crippen MR) is 136 cm³/mol. The number of hydrogen-bond acceptors (Lipinski definition) is 5. The average molecular weight is 466 g/mol. The number of aromatic nitrogens is 2. The second-order valence-electron chi connectivity index (χ2n) is 8.35. The van der Waals surface area contributed by atoms with E-state index in [1.54, 1.807) is 5.01 Å². The zero-order valence-electron chi connectivity index (χ0n) is 19.3. The molecule has 0 radical (unpaired) electrons. The molecule has 7 heteroatoms. The summed E-state index contributed by atoms with van der Waals surface area (Å²) in [4.78, 5) is 13.3. The zero-order valence-corrected chi connectivity index (χ0v) is 19.3. The molecule has 2 heterocycles. The van der Waals surface area contributed by atoms with Crippen LogP contribution in [0.2, 0.25) is 0 Å². The quantitative estimate of drug-likeness (QED) is 0.388. The van der Waals surface area contributed by atoms with Crippen LogP contribution in [0.15, 0.2) is 102 Å². The van der Waals surface area contributed by atoms with Gasteiger partial charge in [-0.05, 0) is 17.7 Å². The van der Waals surface area contributed by atoms with Crippen LogP contribution in [-0.2, 0) is 4.79 Å². The Balaban J connectivity index is 1.57. The van der Waals surface area contributed by atoms with Gasteiger partial charge in [0.05, 0.1) is 36.3 Å². The fourth-order valence-corrected chi connectivity index (χ4v) is 4.31. The fourth-order valence-electron chi connectivity index (χ4n) is 4.31. The van der Waals surface area contributed by atoms with E-state index in [0.717, 1.165) is 33.8 Å². The Morgan fingerprint density at radius 2 is 1.54 bits per heavy atom. The summed E-state index contributed by atoms with van der Waals surface area (Å²) in [5.74, 6) is -0.152. The maximum atomic E-state index is 13.3. The van der Waals surface area contributed by atoms with E-state index in [0.29, 0.717) is 13.0 Å². The number of carbonyl (C=O) groups excluding carboxylic acids is 1. The van der Waals surface area contributed by atoms with Crippen LogP contribution < -0.4 is 5.32 Å². The number of aliphatic hydroxyl groups excluding tert-OH is 1. The molecular weight excluding hydrogens is 438 g/mol. The summed E-state index contributed by atoms with van der Waals surface area (Å²) >= 11 is 0. The van der Waals surface area contributed by atoms with Crippen molar-refractivity contribution in [1.29, 1.82) is 0 Å². The largest absolute Gasteiger partial charge is 0.395 e. The van der Waals surface area contributed by atoms with Crippen LogP contribution in [0.3, 0.4) is 0 Å². The fraction of sp³-hybridized carbons (Fsp3) is 0.179. The first-order valence-electron chi connectivity index (χ1n) is 11.7. The van der Waals surface area contributed by atoms with E-state index in [9.17, 15) is 4.79 Å².